The number of sulfone groups is 1. The normalized spacial score (nSPS) is 16.9. The van der Waals surface area contributed by atoms with Gasteiger partial charge in [0.1, 0.15) is 22.9 Å². The Morgan fingerprint density at radius 3 is 2.73 bits per heavy atom. The predicted octanol–water partition coefficient (Wildman–Crippen LogP) is 4.40. The van der Waals surface area contributed by atoms with Gasteiger partial charge < -0.3 is 4.90 Å². The SMILES string of the molecule is O=S(=O)(Cc1ncns1)c1ccc2c(N3CCCC3c3ccccc3)nccc2c1. The summed E-state index contributed by atoms with van der Waals surface area (Å²) in [5.41, 5.74) is 1.28. The molecule has 0 radical (unpaired) electrons. The van der Waals surface area contributed by atoms with Crippen molar-refractivity contribution in [3.63, 3.8) is 0 Å². The molecule has 2 aromatic heterocycles. The molecule has 1 fully saturated rings. The van der Waals surface area contributed by atoms with Crippen LogP contribution in [0.25, 0.3) is 10.8 Å². The average Bonchev–Trinajstić information content (AvgIpc) is 3.45. The molecule has 0 bridgehead atoms. The highest BCUT2D eigenvalue weighted by Crippen LogP contribution is 2.38. The van der Waals surface area contributed by atoms with Gasteiger partial charge in [0, 0.05) is 18.1 Å². The second-order valence-corrected chi connectivity index (χ2v) is 10.2. The molecule has 0 spiro atoms. The molecule has 1 aliphatic rings. The van der Waals surface area contributed by atoms with Crippen LogP contribution in [-0.4, -0.2) is 29.3 Å². The summed E-state index contributed by atoms with van der Waals surface area (Å²) in [7, 11) is -3.49. The third-order valence-electron chi connectivity index (χ3n) is 5.50. The Balaban J connectivity index is 1.52. The fraction of sp³-hybridized carbons (Fsp3) is 0.227. The van der Waals surface area contributed by atoms with E-state index in [2.05, 4.69) is 43.5 Å². The highest BCUT2D eigenvalue weighted by atomic mass is 32.2. The van der Waals surface area contributed by atoms with Gasteiger partial charge in [0.25, 0.3) is 0 Å². The van der Waals surface area contributed by atoms with Gasteiger partial charge in [0.2, 0.25) is 0 Å². The van der Waals surface area contributed by atoms with Crippen molar-refractivity contribution >= 4 is 38.0 Å². The van der Waals surface area contributed by atoms with Crippen molar-refractivity contribution in [1.29, 1.82) is 0 Å². The van der Waals surface area contributed by atoms with Gasteiger partial charge in [0.15, 0.2) is 9.84 Å². The van der Waals surface area contributed by atoms with Gasteiger partial charge in [-0.2, -0.15) is 4.37 Å². The standard InChI is InChI=1S/C22H20N4O2S2/c27-30(28,14-21-24-15-25-29-21)18-8-9-19-17(13-18)10-11-23-22(19)26-12-4-7-20(26)16-5-2-1-3-6-16/h1-3,5-6,8-11,13,15,20H,4,7,12,14H2. The highest BCUT2D eigenvalue weighted by Gasteiger charge is 2.28. The monoisotopic (exact) mass is 436 g/mol. The van der Waals surface area contributed by atoms with Gasteiger partial charge in [-0.3, -0.25) is 0 Å². The average molecular weight is 437 g/mol. The van der Waals surface area contributed by atoms with E-state index in [1.807, 2.05) is 18.2 Å². The van der Waals surface area contributed by atoms with Gasteiger partial charge in [0.05, 0.1) is 10.9 Å². The minimum atomic E-state index is -3.49. The maximum atomic E-state index is 12.8. The van der Waals surface area contributed by atoms with Gasteiger partial charge in [-0.15, -0.1) is 0 Å². The van der Waals surface area contributed by atoms with E-state index in [0.29, 0.717) is 9.90 Å². The molecule has 1 aliphatic heterocycles. The van der Waals surface area contributed by atoms with E-state index in [-0.39, 0.29) is 11.8 Å². The Labute approximate surface area is 179 Å². The zero-order valence-corrected chi connectivity index (χ0v) is 17.8. The van der Waals surface area contributed by atoms with Crippen LogP contribution >= 0.6 is 11.5 Å². The summed E-state index contributed by atoms with van der Waals surface area (Å²) in [5, 5.41) is 2.33. The molecule has 4 aromatic rings. The fourth-order valence-corrected chi connectivity index (χ4v) is 6.24. The maximum Gasteiger partial charge on any atom is 0.184 e. The number of aromatic nitrogens is 3. The van der Waals surface area contributed by atoms with E-state index >= 15 is 0 Å². The Morgan fingerprint density at radius 1 is 1.07 bits per heavy atom. The molecule has 30 heavy (non-hydrogen) atoms. The molecular formula is C22H20N4O2S2. The second-order valence-electron chi connectivity index (χ2n) is 7.37. The first-order chi connectivity index (χ1) is 14.6. The largest absolute Gasteiger partial charge is 0.349 e. The first-order valence-corrected chi connectivity index (χ1v) is 12.2. The first kappa shape index (κ1) is 19.1. The van der Waals surface area contributed by atoms with Crippen molar-refractivity contribution in [3.05, 3.63) is 77.7 Å². The van der Waals surface area contributed by atoms with E-state index in [9.17, 15) is 8.42 Å². The summed E-state index contributed by atoms with van der Waals surface area (Å²) >= 11 is 1.11. The molecule has 5 rings (SSSR count). The van der Waals surface area contributed by atoms with Crippen molar-refractivity contribution in [2.24, 2.45) is 0 Å². The third kappa shape index (κ3) is 3.57. The lowest BCUT2D eigenvalue weighted by Gasteiger charge is -2.27. The zero-order chi connectivity index (χ0) is 20.6. The molecule has 3 heterocycles. The summed E-state index contributed by atoms with van der Waals surface area (Å²) < 4.78 is 29.6. The quantitative estimate of drug-likeness (QED) is 0.461. The summed E-state index contributed by atoms with van der Waals surface area (Å²) in [6.07, 6.45) is 5.33. The van der Waals surface area contributed by atoms with E-state index < -0.39 is 9.84 Å². The molecule has 0 amide bonds. The van der Waals surface area contributed by atoms with Crippen LogP contribution in [-0.2, 0) is 15.6 Å². The van der Waals surface area contributed by atoms with Crippen LogP contribution in [0.2, 0.25) is 0 Å². The molecule has 2 aromatic carbocycles. The smallest absolute Gasteiger partial charge is 0.184 e. The van der Waals surface area contributed by atoms with Crippen LogP contribution in [0.1, 0.15) is 29.5 Å². The van der Waals surface area contributed by atoms with E-state index in [0.717, 1.165) is 47.5 Å². The third-order valence-corrected chi connectivity index (χ3v) is 7.97. The number of hydrogen-bond acceptors (Lipinski definition) is 7. The lowest BCUT2D eigenvalue weighted by atomic mass is 10.0. The summed E-state index contributed by atoms with van der Waals surface area (Å²) in [6, 6.07) is 17.9. The summed E-state index contributed by atoms with van der Waals surface area (Å²) in [6.45, 7) is 0.933. The van der Waals surface area contributed by atoms with Crippen LogP contribution in [0.5, 0.6) is 0 Å². The Kier molecular flexibility index (Phi) is 4.96. The van der Waals surface area contributed by atoms with E-state index in [1.165, 1.54) is 11.9 Å². The topological polar surface area (TPSA) is 76.1 Å². The van der Waals surface area contributed by atoms with Crippen LogP contribution in [0, 0.1) is 0 Å². The Bertz CT molecular complexity index is 1280. The van der Waals surface area contributed by atoms with E-state index in [1.54, 1.807) is 18.3 Å². The molecule has 152 valence electrons. The Morgan fingerprint density at radius 2 is 1.93 bits per heavy atom. The van der Waals surface area contributed by atoms with Crippen LogP contribution in [0.3, 0.4) is 0 Å². The maximum absolute atomic E-state index is 12.8. The number of benzene rings is 2. The van der Waals surface area contributed by atoms with Gasteiger partial charge in [-0.1, -0.05) is 30.3 Å². The Hall–Kier alpha value is -2.84. The molecule has 1 unspecified atom stereocenters. The van der Waals surface area contributed by atoms with Crippen molar-refractivity contribution < 1.29 is 8.42 Å². The summed E-state index contributed by atoms with van der Waals surface area (Å²) in [5.74, 6) is 0.774. The van der Waals surface area contributed by atoms with Crippen LogP contribution in [0.4, 0.5) is 5.82 Å². The highest BCUT2D eigenvalue weighted by molar-refractivity contribution is 7.90. The van der Waals surface area contributed by atoms with Crippen LogP contribution < -0.4 is 4.90 Å². The van der Waals surface area contributed by atoms with Crippen molar-refractivity contribution in [1.82, 2.24) is 14.3 Å². The first-order valence-electron chi connectivity index (χ1n) is 9.80. The number of rotatable bonds is 5. The number of anilines is 1. The number of hydrogen-bond donors (Lipinski definition) is 0. The van der Waals surface area contributed by atoms with Crippen molar-refractivity contribution in [2.45, 2.75) is 29.5 Å². The fourth-order valence-electron chi connectivity index (χ4n) is 4.11. The number of nitrogens with zero attached hydrogens (tertiary/aromatic N) is 4. The van der Waals surface area contributed by atoms with E-state index in [4.69, 9.17) is 0 Å². The summed E-state index contributed by atoms with van der Waals surface area (Å²) in [4.78, 5) is 11.3. The van der Waals surface area contributed by atoms with Crippen molar-refractivity contribution in [2.75, 3.05) is 11.4 Å². The minimum Gasteiger partial charge on any atom is -0.349 e. The predicted molar refractivity (Wildman–Crippen MR) is 118 cm³/mol. The number of pyridine rings is 1. The molecule has 0 N–H and O–H groups in total. The van der Waals surface area contributed by atoms with Gasteiger partial charge in [-0.05, 0) is 59.6 Å². The van der Waals surface area contributed by atoms with Gasteiger partial charge in [-0.25, -0.2) is 18.4 Å². The van der Waals surface area contributed by atoms with Crippen molar-refractivity contribution in [3.8, 4) is 0 Å². The lowest BCUT2D eigenvalue weighted by molar-refractivity contribution is 0.595. The molecule has 1 saturated heterocycles. The minimum absolute atomic E-state index is 0.136. The molecule has 6 nitrogen and oxygen atoms in total. The molecule has 1 atom stereocenters. The lowest BCUT2D eigenvalue weighted by Crippen LogP contribution is -2.23. The van der Waals surface area contributed by atoms with Crippen LogP contribution in [0.15, 0.2) is 72.0 Å². The number of fused-ring (bicyclic) bond motifs is 1. The molecular weight excluding hydrogens is 416 g/mol. The molecule has 0 saturated carbocycles. The zero-order valence-electron chi connectivity index (χ0n) is 16.2. The second kappa shape index (κ2) is 7.77. The molecule has 0 aliphatic carbocycles. The van der Waals surface area contributed by atoms with Gasteiger partial charge >= 0.3 is 0 Å². The molecule has 8 heteroatoms.